The minimum Gasteiger partial charge on any atom is -0.477 e. The van der Waals surface area contributed by atoms with Gasteiger partial charge in [-0.15, -0.1) is 13.2 Å². The Morgan fingerprint density at radius 1 is 1.50 bits per heavy atom. The van der Waals surface area contributed by atoms with E-state index in [0.29, 0.717) is 0 Å². The highest BCUT2D eigenvalue weighted by molar-refractivity contribution is 5.90. The van der Waals surface area contributed by atoms with Gasteiger partial charge in [0.05, 0.1) is 0 Å². The van der Waals surface area contributed by atoms with Crippen molar-refractivity contribution in [3.05, 3.63) is 27.7 Å². The molecule has 1 aromatic heterocycles. The maximum absolute atomic E-state index is 12.0. The van der Waals surface area contributed by atoms with Gasteiger partial charge in [-0.05, 0) is 6.92 Å². The summed E-state index contributed by atoms with van der Waals surface area (Å²) >= 11 is 0. The van der Waals surface area contributed by atoms with Crippen molar-refractivity contribution in [3.8, 4) is 5.75 Å². The highest BCUT2D eigenvalue weighted by atomic mass is 19.4. The van der Waals surface area contributed by atoms with Gasteiger partial charge in [0.25, 0.3) is 5.56 Å². The van der Waals surface area contributed by atoms with Crippen molar-refractivity contribution >= 4 is 5.97 Å². The number of rotatable bonds is 2. The Morgan fingerprint density at radius 3 is 2.50 bits per heavy atom. The second-order valence-corrected chi connectivity index (χ2v) is 2.86. The van der Waals surface area contributed by atoms with Crippen molar-refractivity contribution in [3.63, 3.8) is 0 Å². The number of hydrogen-bond acceptors (Lipinski definition) is 3. The summed E-state index contributed by atoms with van der Waals surface area (Å²) in [4.78, 5) is 23.6. The zero-order valence-electron chi connectivity index (χ0n) is 7.88. The van der Waals surface area contributed by atoms with Gasteiger partial charge in [-0.2, -0.15) is 0 Å². The molecular weight excluding hydrogens is 231 g/mol. The van der Waals surface area contributed by atoms with Crippen molar-refractivity contribution < 1.29 is 27.8 Å². The first-order chi connectivity index (χ1) is 7.22. The number of aryl methyl sites for hydroxylation is 1. The van der Waals surface area contributed by atoms with Gasteiger partial charge in [-0.25, -0.2) is 4.79 Å². The van der Waals surface area contributed by atoms with Gasteiger partial charge in [0.2, 0.25) is 0 Å². The van der Waals surface area contributed by atoms with Crippen molar-refractivity contribution in [2.75, 3.05) is 0 Å². The molecule has 0 unspecified atom stereocenters. The number of aromatic nitrogens is 1. The van der Waals surface area contributed by atoms with E-state index in [0.717, 1.165) is 6.20 Å². The highest BCUT2D eigenvalue weighted by Gasteiger charge is 2.34. The van der Waals surface area contributed by atoms with Crippen molar-refractivity contribution in [2.24, 2.45) is 0 Å². The van der Waals surface area contributed by atoms with E-state index in [-0.39, 0.29) is 5.56 Å². The smallest absolute Gasteiger partial charge is 0.477 e. The molecule has 0 saturated heterocycles. The third-order valence-electron chi connectivity index (χ3n) is 1.66. The normalized spacial score (nSPS) is 11.2. The predicted molar refractivity (Wildman–Crippen MR) is 45.4 cm³/mol. The van der Waals surface area contributed by atoms with Gasteiger partial charge in [0.15, 0.2) is 11.3 Å². The molecule has 88 valence electrons. The quantitative estimate of drug-likeness (QED) is 0.811. The van der Waals surface area contributed by atoms with Crippen LogP contribution in [0.1, 0.15) is 15.9 Å². The van der Waals surface area contributed by atoms with E-state index in [1.165, 1.54) is 6.92 Å². The van der Waals surface area contributed by atoms with Crippen LogP contribution in [-0.4, -0.2) is 22.4 Å². The minimum absolute atomic E-state index is 0.130. The monoisotopic (exact) mass is 237 g/mol. The van der Waals surface area contributed by atoms with Crippen LogP contribution in [0.25, 0.3) is 0 Å². The molecule has 0 spiro atoms. The van der Waals surface area contributed by atoms with E-state index in [9.17, 15) is 22.8 Å². The average molecular weight is 237 g/mol. The molecular formula is C8H6F3NO4. The number of aromatic carboxylic acids is 1. The second-order valence-electron chi connectivity index (χ2n) is 2.86. The summed E-state index contributed by atoms with van der Waals surface area (Å²) in [5, 5.41) is 8.60. The number of alkyl halides is 3. The van der Waals surface area contributed by atoms with Crippen LogP contribution in [0.5, 0.6) is 5.75 Å². The average Bonchev–Trinajstić information content (AvgIpc) is 2.08. The van der Waals surface area contributed by atoms with E-state index in [1.54, 1.807) is 0 Å². The lowest BCUT2D eigenvalue weighted by molar-refractivity contribution is -0.275. The van der Waals surface area contributed by atoms with E-state index in [1.807, 2.05) is 4.98 Å². The molecule has 1 rings (SSSR count). The Labute approximate surface area is 86.5 Å². The predicted octanol–water partition coefficient (Wildman–Crippen LogP) is 1.28. The summed E-state index contributed by atoms with van der Waals surface area (Å²) < 4.78 is 39.4. The molecule has 0 aromatic carbocycles. The molecule has 0 fully saturated rings. The number of carboxylic acid groups (broad SMARTS) is 1. The van der Waals surface area contributed by atoms with Crippen LogP contribution in [-0.2, 0) is 0 Å². The zero-order valence-corrected chi connectivity index (χ0v) is 7.88. The van der Waals surface area contributed by atoms with Crippen molar-refractivity contribution in [2.45, 2.75) is 13.3 Å². The molecule has 5 nitrogen and oxygen atoms in total. The van der Waals surface area contributed by atoms with Crippen LogP contribution in [0.15, 0.2) is 11.0 Å². The number of hydrogen-bond donors (Lipinski definition) is 2. The first-order valence-corrected chi connectivity index (χ1v) is 3.93. The molecule has 0 atom stereocenters. The molecule has 1 heterocycles. The third kappa shape index (κ3) is 2.53. The molecule has 0 aliphatic rings. The minimum atomic E-state index is -5.05. The van der Waals surface area contributed by atoms with Gasteiger partial charge in [-0.1, -0.05) is 0 Å². The summed E-state index contributed by atoms with van der Waals surface area (Å²) in [5.74, 6) is -2.78. The molecule has 2 N–H and O–H groups in total. The van der Waals surface area contributed by atoms with Gasteiger partial charge < -0.3 is 14.8 Å². The van der Waals surface area contributed by atoms with Crippen LogP contribution in [0.4, 0.5) is 13.2 Å². The van der Waals surface area contributed by atoms with Crippen molar-refractivity contribution in [1.29, 1.82) is 0 Å². The summed E-state index contributed by atoms with van der Waals surface area (Å²) in [7, 11) is 0. The van der Waals surface area contributed by atoms with Crippen LogP contribution in [0.3, 0.4) is 0 Å². The topological polar surface area (TPSA) is 79.4 Å². The van der Waals surface area contributed by atoms with Crippen LogP contribution < -0.4 is 10.3 Å². The number of aromatic amines is 1. The highest BCUT2D eigenvalue weighted by Crippen LogP contribution is 2.27. The summed E-state index contributed by atoms with van der Waals surface area (Å²) in [5.41, 5.74) is -2.36. The SMILES string of the molecule is Cc1c[nH]c(=O)c(C(=O)O)c1OC(F)(F)F. The van der Waals surface area contributed by atoms with Crippen molar-refractivity contribution in [1.82, 2.24) is 4.98 Å². The fourth-order valence-corrected chi connectivity index (χ4v) is 1.05. The Balaban J connectivity index is 3.41. The summed E-state index contributed by atoms with van der Waals surface area (Å²) in [6, 6.07) is 0. The second kappa shape index (κ2) is 3.87. The van der Waals surface area contributed by atoms with E-state index in [2.05, 4.69) is 4.74 Å². The largest absolute Gasteiger partial charge is 0.573 e. The Hall–Kier alpha value is -1.99. The van der Waals surface area contributed by atoms with E-state index >= 15 is 0 Å². The first kappa shape index (κ1) is 12.1. The molecule has 0 saturated carbocycles. The maximum atomic E-state index is 12.0. The fraction of sp³-hybridized carbons (Fsp3) is 0.250. The number of carbonyl (C=O) groups is 1. The number of ether oxygens (including phenoxy) is 1. The van der Waals surface area contributed by atoms with E-state index in [4.69, 9.17) is 5.11 Å². The Kier molecular flexibility index (Phi) is 2.92. The molecule has 8 heteroatoms. The summed E-state index contributed by atoms with van der Waals surface area (Å²) in [6.07, 6.45) is -4.11. The number of H-pyrrole nitrogens is 1. The zero-order chi connectivity index (χ0) is 12.5. The lowest BCUT2D eigenvalue weighted by Gasteiger charge is -2.12. The lowest BCUT2D eigenvalue weighted by Crippen LogP contribution is -2.25. The lowest BCUT2D eigenvalue weighted by atomic mass is 10.2. The maximum Gasteiger partial charge on any atom is 0.573 e. The molecule has 0 aliphatic heterocycles. The van der Waals surface area contributed by atoms with Gasteiger partial charge in [0.1, 0.15) is 0 Å². The van der Waals surface area contributed by atoms with E-state index < -0.39 is 29.2 Å². The number of halogens is 3. The van der Waals surface area contributed by atoms with Gasteiger partial charge in [0, 0.05) is 11.8 Å². The molecule has 1 aromatic rings. The van der Waals surface area contributed by atoms with Gasteiger partial charge in [-0.3, -0.25) is 4.79 Å². The first-order valence-electron chi connectivity index (χ1n) is 3.93. The summed E-state index contributed by atoms with van der Waals surface area (Å²) in [6.45, 7) is 1.18. The number of nitrogens with one attached hydrogen (secondary N) is 1. The Bertz CT molecular complexity index is 477. The molecule has 16 heavy (non-hydrogen) atoms. The fourth-order valence-electron chi connectivity index (χ4n) is 1.05. The molecule has 0 aliphatic carbocycles. The molecule has 0 radical (unpaired) electrons. The number of carboxylic acids is 1. The molecule has 0 bridgehead atoms. The van der Waals surface area contributed by atoms with Crippen LogP contribution in [0, 0.1) is 6.92 Å². The van der Waals surface area contributed by atoms with Crippen LogP contribution in [0.2, 0.25) is 0 Å². The number of pyridine rings is 1. The Morgan fingerprint density at radius 2 is 2.06 bits per heavy atom. The van der Waals surface area contributed by atoms with Gasteiger partial charge >= 0.3 is 12.3 Å². The standard InChI is InChI=1S/C8H6F3NO4/c1-3-2-12-6(13)4(7(14)15)5(3)16-8(9,10)11/h2H,1H3,(H,12,13)(H,14,15). The third-order valence-corrected chi connectivity index (χ3v) is 1.66. The van der Waals surface area contributed by atoms with Crippen LogP contribution >= 0.6 is 0 Å². The molecule has 0 amide bonds.